The fraction of sp³-hybridized carbons (Fsp3) is 0.192. The van der Waals surface area contributed by atoms with Crippen LogP contribution < -0.4 is 5.43 Å². The number of fused-ring (bicyclic) bond motifs is 1. The van der Waals surface area contributed by atoms with Crippen molar-refractivity contribution in [1.82, 2.24) is 4.57 Å². The topological polar surface area (TPSA) is 78.5 Å². The molecule has 4 aromatic rings. The van der Waals surface area contributed by atoms with Gasteiger partial charge in [-0.3, -0.25) is 9.59 Å². The molecule has 2 aromatic carbocycles. The number of esters is 1. The molecule has 2 aromatic heterocycles. The van der Waals surface area contributed by atoms with Crippen molar-refractivity contribution < 1.29 is 23.1 Å². The summed E-state index contributed by atoms with van der Waals surface area (Å²) in [6.45, 7) is 3.87. The Labute approximate surface area is 189 Å². The number of halogens is 1. The van der Waals surface area contributed by atoms with E-state index in [4.69, 9.17) is 9.15 Å². The van der Waals surface area contributed by atoms with E-state index in [0.29, 0.717) is 23.9 Å². The van der Waals surface area contributed by atoms with Gasteiger partial charge in [0.1, 0.15) is 11.4 Å². The number of benzene rings is 2. The summed E-state index contributed by atoms with van der Waals surface area (Å²) in [5.74, 6) is -1.77. The van der Waals surface area contributed by atoms with Gasteiger partial charge in [-0.2, -0.15) is 0 Å². The third-order valence-electron chi connectivity index (χ3n) is 5.58. The molecule has 33 heavy (non-hydrogen) atoms. The number of hydrogen-bond acceptors (Lipinski definition) is 5. The zero-order valence-electron chi connectivity index (χ0n) is 18.3. The summed E-state index contributed by atoms with van der Waals surface area (Å²) in [6.07, 6.45) is 0.681. The van der Waals surface area contributed by atoms with Gasteiger partial charge in [-0.15, -0.1) is 0 Å². The number of ketones is 1. The molecule has 168 valence electrons. The van der Waals surface area contributed by atoms with Crippen LogP contribution in [-0.4, -0.2) is 22.9 Å². The van der Waals surface area contributed by atoms with E-state index in [9.17, 15) is 18.8 Å². The Kier molecular flexibility index (Phi) is 6.22. The Hall–Kier alpha value is -4.00. The van der Waals surface area contributed by atoms with E-state index < -0.39 is 12.6 Å². The summed E-state index contributed by atoms with van der Waals surface area (Å²) in [7, 11) is 0. The Morgan fingerprint density at radius 2 is 1.76 bits per heavy atom. The van der Waals surface area contributed by atoms with Gasteiger partial charge < -0.3 is 13.7 Å². The Morgan fingerprint density at radius 3 is 2.52 bits per heavy atom. The molecule has 6 nitrogen and oxygen atoms in total. The molecule has 0 N–H and O–H groups in total. The van der Waals surface area contributed by atoms with Gasteiger partial charge in [-0.1, -0.05) is 24.3 Å². The second-order valence-corrected chi connectivity index (χ2v) is 7.78. The van der Waals surface area contributed by atoms with Crippen molar-refractivity contribution in [3.8, 4) is 0 Å². The van der Waals surface area contributed by atoms with Gasteiger partial charge in [-0.05, 0) is 56.2 Å². The quantitative estimate of drug-likeness (QED) is 0.305. The van der Waals surface area contributed by atoms with E-state index in [0.717, 1.165) is 23.0 Å². The summed E-state index contributed by atoms with van der Waals surface area (Å²) in [5, 5.41) is 0.359. The Balaban J connectivity index is 1.43. The van der Waals surface area contributed by atoms with Crippen LogP contribution in [0.15, 0.2) is 69.9 Å². The molecular formula is C26H22FNO5. The maximum absolute atomic E-state index is 13.1. The number of ether oxygens (including phenoxy) is 1. The number of aromatic nitrogens is 1. The average Bonchev–Trinajstić information content (AvgIpc) is 3.10. The average molecular weight is 447 g/mol. The zero-order chi connectivity index (χ0) is 23.5. The van der Waals surface area contributed by atoms with Gasteiger partial charge in [0.2, 0.25) is 11.5 Å². The number of nitrogens with zero attached hydrogens (tertiary/aromatic N) is 1. The van der Waals surface area contributed by atoms with E-state index in [2.05, 4.69) is 0 Å². The van der Waals surface area contributed by atoms with E-state index in [1.54, 1.807) is 42.5 Å². The summed E-state index contributed by atoms with van der Waals surface area (Å²) in [6, 6.07) is 15.7. The van der Waals surface area contributed by atoms with E-state index in [1.807, 2.05) is 18.4 Å². The highest BCUT2D eigenvalue weighted by atomic mass is 19.1. The molecule has 0 unspecified atom stereocenters. The lowest BCUT2D eigenvalue weighted by molar-refractivity contribution is 0.0444. The second kappa shape index (κ2) is 9.24. The highest BCUT2D eigenvalue weighted by molar-refractivity contribution is 6.00. The van der Waals surface area contributed by atoms with Gasteiger partial charge in [0.15, 0.2) is 12.0 Å². The van der Waals surface area contributed by atoms with Crippen LogP contribution in [0.3, 0.4) is 0 Å². The minimum absolute atomic E-state index is 0.253. The van der Waals surface area contributed by atoms with Crippen molar-refractivity contribution in [3.63, 3.8) is 0 Å². The number of rotatable bonds is 7. The molecule has 4 rings (SSSR count). The molecule has 0 bridgehead atoms. The monoisotopic (exact) mass is 447 g/mol. The van der Waals surface area contributed by atoms with E-state index >= 15 is 0 Å². The molecule has 0 radical (unpaired) electrons. The van der Waals surface area contributed by atoms with Crippen molar-refractivity contribution in [2.24, 2.45) is 0 Å². The summed E-state index contributed by atoms with van der Waals surface area (Å²) >= 11 is 0. The number of carbonyl (C=O) groups excluding carboxylic acids is 2. The largest absolute Gasteiger partial charge is 0.451 e. The molecule has 0 aliphatic rings. The van der Waals surface area contributed by atoms with E-state index in [1.165, 1.54) is 12.1 Å². The standard InChI is InChI=1S/C26H22FNO5/c1-16-13-21(17(2)28(16)12-11-18-7-9-19(27)10-8-18)23(30)15-32-26(31)25-14-22(29)20-5-3-4-6-24(20)33-25/h3-10,13-14H,11-12,15H2,1-2H3. The first-order valence-electron chi connectivity index (χ1n) is 10.5. The summed E-state index contributed by atoms with van der Waals surface area (Å²) in [5.41, 5.74) is 3.01. The van der Waals surface area contributed by atoms with Crippen LogP contribution in [0.4, 0.5) is 4.39 Å². The minimum Gasteiger partial charge on any atom is -0.451 e. The van der Waals surface area contributed by atoms with Gasteiger partial charge >= 0.3 is 5.97 Å². The van der Waals surface area contributed by atoms with Crippen LogP contribution in [-0.2, 0) is 17.7 Å². The highest BCUT2D eigenvalue weighted by Gasteiger charge is 2.19. The van der Waals surface area contributed by atoms with Gasteiger partial charge in [0.25, 0.3) is 0 Å². The van der Waals surface area contributed by atoms with Crippen LogP contribution in [0, 0.1) is 19.7 Å². The summed E-state index contributed by atoms with van der Waals surface area (Å²) in [4.78, 5) is 37.3. The number of carbonyl (C=O) groups is 2. The first-order chi connectivity index (χ1) is 15.8. The molecule has 0 saturated heterocycles. The molecule has 2 heterocycles. The molecule has 0 aliphatic heterocycles. The van der Waals surface area contributed by atoms with Crippen LogP contribution in [0.25, 0.3) is 11.0 Å². The third kappa shape index (κ3) is 4.77. The van der Waals surface area contributed by atoms with Crippen molar-refractivity contribution in [3.05, 3.63) is 105 Å². The molecule has 0 spiro atoms. The Bertz CT molecular complexity index is 1400. The number of para-hydroxylation sites is 1. The first-order valence-corrected chi connectivity index (χ1v) is 10.5. The van der Waals surface area contributed by atoms with Gasteiger partial charge in [0.05, 0.1) is 5.39 Å². The van der Waals surface area contributed by atoms with Crippen LogP contribution in [0.5, 0.6) is 0 Å². The van der Waals surface area contributed by atoms with Crippen molar-refractivity contribution in [2.45, 2.75) is 26.8 Å². The van der Waals surface area contributed by atoms with Crippen molar-refractivity contribution in [1.29, 1.82) is 0 Å². The first kappa shape index (κ1) is 22.2. The zero-order valence-corrected chi connectivity index (χ0v) is 18.3. The maximum Gasteiger partial charge on any atom is 0.374 e. The smallest absolute Gasteiger partial charge is 0.374 e. The lowest BCUT2D eigenvalue weighted by Crippen LogP contribution is -2.16. The van der Waals surface area contributed by atoms with E-state index in [-0.39, 0.29) is 28.4 Å². The lowest BCUT2D eigenvalue weighted by atomic mass is 10.1. The predicted molar refractivity (Wildman–Crippen MR) is 121 cm³/mol. The molecule has 0 saturated carbocycles. The molecule has 0 amide bonds. The fourth-order valence-electron chi connectivity index (χ4n) is 3.80. The number of hydrogen-bond donors (Lipinski definition) is 0. The third-order valence-corrected chi connectivity index (χ3v) is 5.58. The SMILES string of the molecule is Cc1cc(C(=O)COC(=O)c2cc(=O)c3ccccc3o2)c(C)n1CCc1ccc(F)cc1. The van der Waals surface area contributed by atoms with Crippen LogP contribution in [0.2, 0.25) is 0 Å². The molecule has 0 atom stereocenters. The van der Waals surface area contributed by atoms with Crippen LogP contribution >= 0.6 is 0 Å². The lowest BCUT2D eigenvalue weighted by Gasteiger charge is -2.10. The van der Waals surface area contributed by atoms with Gasteiger partial charge in [-0.25, -0.2) is 9.18 Å². The molecule has 7 heteroatoms. The fourth-order valence-corrected chi connectivity index (χ4v) is 3.80. The van der Waals surface area contributed by atoms with Crippen LogP contribution in [0.1, 0.15) is 37.9 Å². The van der Waals surface area contributed by atoms with Crippen molar-refractivity contribution in [2.75, 3.05) is 6.61 Å². The Morgan fingerprint density at radius 1 is 1.03 bits per heavy atom. The summed E-state index contributed by atoms with van der Waals surface area (Å²) < 4.78 is 25.7. The minimum atomic E-state index is -0.878. The van der Waals surface area contributed by atoms with Crippen molar-refractivity contribution >= 4 is 22.7 Å². The molecule has 0 aliphatic carbocycles. The normalized spacial score (nSPS) is 11.0. The predicted octanol–water partition coefficient (Wildman–Crippen LogP) is 4.63. The number of aryl methyl sites for hydroxylation is 2. The molecular weight excluding hydrogens is 425 g/mol. The number of Topliss-reactive ketones (excluding diaryl/α,β-unsaturated/α-hetero) is 1. The highest BCUT2D eigenvalue weighted by Crippen LogP contribution is 2.18. The van der Waals surface area contributed by atoms with Gasteiger partial charge in [0, 0.05) is 29.6 Å². The second-order valence-electron chi connectivity index (χ2n) is 7.78. The maximum atomic E-state index is 13.1. The molecule has 0 fully saturated rings.